The van der Waals surface area contributed by atoms with Crippen LogP contribution in [-0.2, 0) is 4.79 Å². The molecule has 2 rings (SSSR count). The Morgan fingerprint density at radius 1 is 1.12 bits per heavy atom. The van der Waals surface area contributed by atoms with Gasteiger partial charge in [0.2, 0.25) is 5.91 Å². The Hall–Kier alpha value is -2.50. The second-order valence-electron chi connectivity index (χ2n) is 5.57. The Balaban J connectivity index is 2.24. The van der Waals surface area contributed by atoms with Gasteiger partial charge in [0.25, 0.3) is 5.91 Å². The Bertz CT molecular complexity index is 844. The molecule has 1 N–H and O–H groups in total. The molecule has 0 fully saturated rings. The maximum absolute atomic E-state index is 12.3. The van der Waals surface area contributed by atoms with Crippen LogP contribution in [0.5, 0.6) is 5.75 Å². The summed E-state index contributed by atoms with van der Waals surface area (Å²) in [6, 6.07) is 9.92. The fourth-order valence-corrected chi connectivity index (χ4v) is 2.72. The van der Waals surface area contributed by atoms with E-state index in [0.717, 1.165) is 0 Å². The Labute approximate surface area is 162 Å². The summed E-state index contributed by atoms with van der Waals surface area (Å²) in [4.78, 5) is 25.8. The lowest BCUT2D eigenvalue weighted by molar-refractivity contribution is -0.111. The van der Waals surface area contributed by atoms with Gasteiger partial charge in [-0.05, 0) is 36.4 Å². The van der Waals surface area contributed by atoms with E-state index in [1.54, 1.807) is 50.5 Å². The molecule has 26 heavy (non-hydrogen) atoms. The maximum Gasteiger partial charge on any atom is 0.253 e. The first-order chi connectivity index (χ1) is 12.3. The Morgan fingerprint density at radius 2 is 1.77 bits per heavy atom. The number of methoxy groups -OCH3 is 1. The maximum atomic E-state index is 12.3. The quantitative estimate of drug-likeness (QED) is 0.769. The van der Waals surface area contributed by atoms with E-state index in [1.807, 2.05) is 0 Å². The standard InChI is InChI=1S/C19H18Cl2N2O3/c1-23(2)19(25)12-7-9-17(26-3)16(11-12)22-18(24)10-8-13-14(20)5-4-6-15(13)21/h4-11H,1-3H3,(H,22,24)/b10-8+. The molecule has 0 aliphatic heterocycles. The fourth-order valence-electron chi connectivity index (χ4n) is 2.20. The summed E-state index contributed by atoms with van der Waals surface area (Å²) in [7, 11) is 4.79. The van der Waals surface area contributed by atoms with Crippen molar-refractivity contribution in [2.75, 3.05) is 26.5 Å². The number of hydrogen-bond acceptors (Lipinski definition) is 3. The van der Waals surface area contributed by atoms with Crippen molar-refractivity contribution in [3.63, 3.8) is 0 Å². The molecule has 0 unspecified atom stereocenters. The zero-order valence-corrected chi connectivity index (χ0v) is 16.1. The number of amides is 2. The van der Waals surface area contributed by atoms with Crippen LogP contribution in [0.1, 0.15) is 15.9 Å². The van der Waals surface area contributed by atoms with Crippen LogP contribution >= 0.6 is 23.2 Å². The molecule has 0 bridgehead atoms. The van der Waals surface area contributed by atoms with Crippen LogP contribution in [0.25, 0.3) is 6.08 Å². The molecule has 0 spiro atoms. The molecule has 2 aromatic rings. The smallest absolute Gasteiger partial charge is 0.253 e. The first kappa shape index (κ1) is 19.8. The van der Waals surface area contributed by atoms with Crippen LogP contribution in [0.4, 0.5) is 5.69 Å². The number of benzene rings is 2. The molecule has 0 heterocycles. The van der Waals surface area contributed by atoms with E-state index in [1.165, 1.54) is 24.2 Å². The molecule has 0 radical (unpaired) electrons. The highest BCUT2D eigenvalue weighted by molar-refractivity contribution is 6.37. The molecule has 0 atom stereocenters. The summed E-state index contributed by atoms with van der Waals surface area (Å²) in [5.41, 5.74) is 1.37. The molecule has 0 aromatic heterocycles. The van der Waals surface area contributed by atoms with Crippen molar-refractivity contribution in [1.82, 2.24) is 4.90 Å². The third-order valence-electron chi connectivity index (χ3n) is 3.51. The van der Waals surface area contributed by atoms with Crippen LogP contribution in [0.2, 0.25) is 10.0 Å². The normalized spacial score (nSPS) is 10.7. The van der Waals surface area contributed by atoms with Gasteiger partial charge in [-0.3, -0.25) is 9.59 Å². The fraction of sp³-hybridized carbons (Fsp3) is 0.158. The number of ether oxygens (including phenoxy) is 1. The van der Waals surface area contributed by atoms with Gasteiger partial charge in [0, 0.05) is 41.3 Å². The van der Waals surface area contributed by atoms with E-state index in [4.69, 9.17) is 27.9 Å². The zero-order chi connectivity index (χ0) is 19.3. The molecular formula is C19H18Cl2N2O3. The average Bonchev–Trinajstić information content (AvgIpc) is 2.60. The minimum Gasteiger partial charge on any atom is -0.495 e. The van der Waals surface area contributed by atoms with E-state index < -0.39 is 5.91 Å². The summed E-state index contributed by atoms with van der Waals surface area (Å²) in [5, 5.41) is 3.58. The van der Waals surface area contributed by atoms with Gasteiger partial charge in [0.05, 0.1) is 12.8 Å². The Morgan fingerprint density at radius 3 is 2.35 bits per heavy atom. The summed E-state index contributed by atoms with van der Waals surface area (Å²) in [6.45, 7) is 0. The average molecular weight is 393 g/mol. The van der Waals surface area contributed by atoms with E-state index >= 15 is 0 Å². The lowest BCUT2D eigenvalue weighted by atomic mass is 10.1. The second-order valence-corrected chi connectivity index (χ2v) is 6.39. The van der Waals surface area contributed by atoms with Gasteiger partial charge < -0.3 is 15.0 Å². The van der Waals surface area contributed by atoms with Crippen molar-refractivity contribution in [1.29, 1.82) is 0 Å². The highest BCUT2D eigenvalue weighted by atomic mass is 35.5. The minimum atomic E-state index is -0.409. The Kier molecular flexibility index (Phi) is 6.66. The molecule has 2 amide bonds. The molecule has 5 nitrogen and oxygen atoms in total. The summed E-state index contributed by atoms with van der Waals surface area (Å²) < 4.78 is 5.24. The van der Waals surface area contributed by atoms with Crippen molar-refractivity contribution in [2.24, 2.45) is 0 Å². The third kappa shape index (κ3) is 4.77. The summed E-state index contributed by atoms with van der Waals surface area (Å²) in [6.07, 6.45) is 2.84. The summed E-state index contributed by atoms with van der Waals surface area (Å²) >= 11 is 12.2. The molecule has 7 heteroatoms. The van der Waals surface area contributed by atoms with E-state index in [9.17, 15) is 9.59 Å². The van der Waals surface area contributed by atoms with Crippen molar-refractivity contribution in [3.8, 4) is 5.75 Å². The molecular weight excluding hydrogens is 375 g/mol. The molecule has 2 aromatic carbocycles. The predicted molar refractivity (Wildman–Crippen MR) is 105 cm³/mol. The number of hydrogen-bond donors (Lipinski definition) is 1. The number of halogens is 2. The first-order valence-corrected chi connectivity index (χ1v) is 8.42. The van der Waals surface area contributed by atoms with Crippen LogP contribution in [0, 0.1) is 0 Å². The lowest BCUT2D eigenvalue weighted by Crippen LogP contribution is -2.22. The zero-order valence-electron chi connectivity index (χ0n) is 14.5. The van der Waals surface area contributed by atoms with Gasteiger partial charge in [-0.1, -0.05) is 29.3 Å². The number of carbonyl (C=O) groups is 2. The monoisotopic (exact) mass is 392 g/mol. The minimum absolute atomic E-state index is 0.179. The lowest BCUT2D eigenvalue weighted by Gasteiger charge is -2.14. The van der Waals surface area contributed by atoms with Gasteiger partial charge >= 0.3 is 0 Å². The molecule has 0 saturated carbocycles. The number of anilines is 1. The van der Waals surface area contributed by atoms with Gasteiger partial charge in [-0.15, -0.1) is 0 Å². The van der Waals surface area contributed by atoms with E-state index in [0.29, 0.717) is 32.6 Å². The van der Waals surface area contributed by atoms with Crippen LogP contribution in [-0.4, -0.2) is 37.9 Å². The number of carbonyl (C=O) groups excluding carboxylic acids is 2. The van der Waals surface area contributed by atoms with Crippen molar-refractivity contribution in [3.05, 3.63) is 63.6 Å². The molecule has 136 valence electrons. The topological polar surface area (TPSA) is 58.6 Å². The molecule has 0 aliphatic carbocycles. The SMILES string of the molecule is COc1ccc(C(=O)N(C)C)cc1NC(=O)/C=C/c1c(Cl)cccc1Cl. The predicted octanol–water partition coefficient (Wildman–Crippen LogP) is 4.36. The van der Waals surface area contributed by atoms with Crippen LogP contribution < -0.4 is 10.1 Å². The van der Waals surface area contributed by atoms with Gasteiger partial charge in [-0.2, -0.15) is 0 Å². The first-order valence-electron chi connectivity index (χ1n) is 7.66. The van der Waals surface area contributed by atoms with Gasteiger partial charge in [0.15, 0.2) is 0 Å². The van der Waals surface area contributed by atoms with Crippen molar-refractivity contribution >= 4 is 46.8 Å². The van der Waals surface area contributed by atoms with Crippen LogP contribution in [0.3, 0.4) is 0 Å². The number of rotatable bonds is 5. The largest absolute Gasteiger partial charge is 0.495 e. The number of nitrogens with zero attached hydrogens (tertiary/aromatic N) is 1. The van der Waals surface area contributed by atoms with Crippen molar-refractivity contribution < 1.29 is 14.3 Å². The van der Waals surface area contributed by atoms with E-state index in [2.05, 4.69) is 5.32 Å². The van der Waals surface area contributed by atoms with E-state index in [-0.39, 0.29) is 5.91 Å². The summed E-state index contributed by atoms with van der Waals surface area (Å²) in [5.74, 6) is -0.145. The van der Waals surface area contributed by atoms with Gasteiger partial charge in [0.1, 0.15) is 5.75 Å². The molecule has 0 aliphatic rings. The highest BCUT2D eigenvalue weighted by Gasteiger charge is 2.13. The second kappa shape index (κ2) is 8.74. The molecule has 0 saturated heterocycles. The van der Waals surface area contributed by atoms with Crippen molar-refractivity contribution in [2.45, 2.75) is 0 Å². The van der Waals surface area contributed by atoms with Gasteiger partial charge in [-0.25, -0.2) is 0 Å². The van der Waals surface area contributed by atoms with Crippen LogP contribution in [0.15, 0.2) is 42.5 Å². The third-order valence-corrected chi connectivity index (χ3v) is 4.17. The highest BCUT2D eigenvalue weighted by Crippen LogP contribution is 2.27. The number of nitrogens with one attached hydrogen (secondary N) is 1.